The number of para-hydroxylation sites is 1. The Balaban J connectivity index is 1.57. The summed E-state index contributed by atoms with van der Waals surface area (Å²) >= 11 is 0. The van der Waals surface area contributed by atoms with Gasteiger partial charge >= 0.3 is 0 Å². The third-order valence-electron chi connectivity index (χ3n) is 4.45. The van der Waals surface area contributed by atoms with Crippen LogP contribution in [0.4, 0.5) is 17.1 Å². The SMILES string of the molecule is Cc1ccc(Nc2ccnc(C(=O)N3CCc4ccccc43)c2)cc1. The molecular weight excluding hydrogens is 310 g/mol. The Hall–Kier alpha value is -3.14. The topological polar surface area (TPSA) is 45.2 Å². The van der Waals surface area contributed by atoms with Crippen molar-refractivity contribution in [3.63, 3.8) is 0 Å². The van der Waals surface area contributed by atoms with Gasteiger partial charge in [-0.2, -0.15) is 0 Å². The predicted octanol–water partition coefficient (Wildman–Crippen LogP) is 4.34. The van der Waals surface area contributed by atoms with Gasteiger partial charge < -0.3 is 10.2 Å². The first-order chi connectivity index (χ1) is 12.2. The first-order valence-corrected chi connectivity index (χ1v) is 8.40. The van der Waals surface area contributed by atoms with Gasteiger partial charge in [0.15, 0.2) is 0 Å². The van der Waals surface area contributed by atoms with E-state index >= 15 is 0 Å². The maximum atomic E-state index is 12.9. The molecule has 0 bridgehead atoms. The van der Waals surface area contributed by atoms with Crippen LogP contribution in [0, 0.1) is 6.92 Å². The molecule has 1 aliphatic heterocycles. The highest BCUT2D eigenvalue weighted by Crippen LogP contribution is 2.29. The van der Waals surface area contributed by atoms with Crippen molar-refractivity contribution < 1.29 is 4.79 Å². The van der Waals surface area contributed by atoms with Crippen LogP contribution >= 0.6 is 0 Å². The number of pyridine rings is 1. The third-order valence-corrected chi connectivity index (χ3v) is 4.45. The van der Waals surface area contributed by atoms with Gasteiger partial charge in [0.25, 0.3) is 5.91 Å². The zero-order valence-electron chi connectivity index (χ0n) is 14.1. The number of fused-ring (bicyclic) bond motifs is 1. The van der Waals surface area contributed by atoms with Crippen molar-refractivity contribution in [2.45, 2.75) is 13.3 Å². The number of nitrogens with one attached hydrogen (secondary N) is 1. The van der Waals surface area contributed by atoms with Gasteiger partial charge in [0.2, 0.25) is 0 Å². The van der Waals surface area contributed by atoms with Gasteiger partial charge in [-0.15, -0.1) is 0 Å². The van der Waals surface area contributed by atoms with E-state index in [9.17, 15) is 4.79 Å². The Kier molecular flexibility index (Phi) is 3.94. The Morgan fingerprint density at radius 3 is 2.68 bits per heavy atom. The monoisotopic (exact) mass is 329 g/mol. The Morgan fingerprint density at radius 1 is 1.04 bits per heavy atom. The van der Waals surface area contributed by atoms with Crippen LogP contribution in [-0.4, -0.2) is 17.4 Å². The summed E-state index contributed by atoms with van der Waals surface area (Å²) in [5.74, 6) is -0.0579. The molecule has 0 radical (unpaired) electrons. The number of anilines is 3. The van der Waals surface area contributed by atoms with Gasteiger partial charge in [-0.3, -0.25) is 9.78 Å². The third kappa shape index (κ3) is 3.11. The molecule has 4 rings (SSSR count). The van der Waals surface area contributed by atoms with E-state index in [1.807, 2.05) is 47.4 Å². The van der Waals surface area contributed by atoms with Crippen molar-refractivity contribution in [1.29, 1.82) is 0 Å². The number of aryl methyl sites for hydroxylation is 1. The quantitative estimate of drug-likeness (QED) is 0.777. The molecular formula is C21H19N3O. The molecule has 1 N–H and O–H groups in total. The lowest BCUT2D eigenvalue weighted by Gasteiger charge is -2.17. The molecule has 2 aromatic carbocycles. The molecule has 0 saturated heterocycles. The summed E-state index contributed by atoms with van der Waals surface area (Å²) in [6.45, 7) is 2.76. The molecule has 0 unspecified atom stereocenters. The van der Waals surface area contributed by atoms with Gasteiger partial charge in [-0.25, -0.2) is 0 Å². The molecule has 3 aromatic rings. The fourth-order valence-electron chi connectivity index (χ4n) is 3.12. The highest BCUT2D eigenvalue weighted by atomic mass is 16.2. The molecule has 0 fully saturated rings. The average Bonchev–Trinajstić information content (AvgIpc) is 3.07. The van der Waals surface area contributed by atoms with Gasteiger partial charge in [-0.1, -0.05) is 35.9 Å². The minimum atomic E-state index is -0.0579. The summed E-state index contributed by atoms with van der Waals surface area (Å²) in [7, 11) is 0. The summed E-state index contributed by atoms with van der Waals surface area (Å²) in [4.78, 5) is 19.0. The number of aromatic nitrogens is 1. The summed E-state index contributed by atoms with van der Waals surface area (Å²) < 4.78 is 0. The van der Waals surface area contributed by atoms with E-state index in [2.05, 4.69) is 35.4 Å². The second-order valence-electron chi connectivity index (χ2n) is 6.26. The molecule has 4 nitrogen and oxygen atoms in total. The van der Waals surface area contributed by atoms with E-state index in [-0.39, 0.29) is 5.91 Å². The first-order valence-electron chi connectivity index (χ1n) is 8.40. The fraction of sp³-hybridized carbons (Fsp3) is 0.143. The Bertz CT molecular complexity index is 918. The number of carbonyl (C=O) groups excluding carboxylic acids is 1. The number of hydrogen-bond acceptors (Lipinski definition) is 3. The zero-order valence-corrected chi connectivity index (χ0v) is 14.1. The highest BCUT2D eigenvalue weighted by molar-refractivity contribution is 6.06. The minimum absolute atomic E-state index is 0.0579. The maximum Gasteiger partial charge on any atom is 0.276 e. The fourth-order valence-corrected chi connectivity index (χ4v) is 3.12. The largest absolute Gasteiger partial charge is 0.355 e. The second kappa shape index (κ2) is 6.40. The van der Waals surface area contributed by atoms with Crippen LogP contribution < -0.4 is 10.2 Å². The molecule has 0 atom stereocenters. The normalized spacial score (nSPS) is 12.8. The molecule has 4 heteroatoms. The van der Waals surface area contributed by atoms with E-state index in [0.717, 1.165) is 23.5 Å². The Morgan fingerprint density at radius 2 is 1.84 bits per heavy atom. The van der Waals surface area contributed by atoms with Crippen molar-refractivity contribution in [1.82, 2.24) is 4.98 Å². The highest BCUT2D eigenvalue weighted by Gasteiger charge is 2.25. The van der Waals surface area contributed by atoms with Crippen molar-refractivity contribution in [2.24, 2.45) is 0 Å². The number of carbonyl (C=O) groups is 1. The van der Waals surface area contributed by atoms with Gasteiger partial charge in [0.05, 0.1) is 0 Å². The summed E-state index contributed by atoms with van der Waals surface area (Å²) in [5.41, 5.74) is 5.71. The zero-order chi connectivity index (χ0) is 17.2. The minimum Gasteiger partial charge on any atom is -0.355 e. The van der Waals surface area contributed by atoms with Crippen molar-refractivity contribution in [3.05, 3.63) is 83.7 Å². The first kappa shape index (κ1) is 15.4. The summed E-state index contributed by atoms with van der Waals surface area (Å²) in [6, 6.07) is 19.9. The van der Waals surface area contributed by atoms with Crippen molar-refractivity contribution in [2.75, 3.05) is 16.8 Å². The lowest BCUT2D eigenvalue weighted by Crippen LogP contribution is -2.29. The van der Waals surface area contributed by atoms with E-state index in [1.165, 1.54) is 11.1 Å². The van der Waals surface area contributed by atoms with Gasteiger partial charge in [-0.05, 0) is 49.2 Å². The van der Waals surface area contributed by atoms with E-state index < -0.39 is 0 Å². The molecule has 0 aliphatic carbocycles. The molecule has 1 aliphatic rings. The second-order valence-corrected chi connectivity index (χ2v) is 6.26. The molecule has 0 spiro atoms. The van der Waals surface area contributed by atoms with E-state index in [1.54, 1.807) is 6.20 Å². The number of rotatable bonds is 3. The van der Waals surface area contributed by atoms with Gasteiger partial charge in [0.1, 0.15) is 5.69 Å². The van der Waals surface area contributed by atoms with Crippen molar-refractivity contribution in [3.8, 4) is 0 Å². The standard InChI is InChI=1S/C21H19N3O/c1-15-6-8-17(9-7-15)23-18-10-12-22-19(14-18)21(25)24-13-11-16-4-2-3-5-20(16)24/h2-10,12,14H,11,13H2,1H3,(H,22,23). The Labute approximate surface area is 147 Å². The molecule has 1 aromatic heterocycles. The number of hydrogen-bond donors (Lipinski definition) is 1. The van der Waals surface area contributed by atoms with Crippen LogP contribution in [0.1, 0.15) is 21.6 Å². The average molecular weight is 329 g/mol. The van der Waals surface area contributed by atoms with E-state index in [0.29, 0.717) is 12.2 Å². The van der Waals surface area contributed by atoms with Crippen LogP contribution in [0.5, 0.6) is 0 Å². The smallest absolute Gasteiger partial charge is 0.276 e. The summed E-state index contributed by atoms with van der Waals surface area (Å²) in [5, 5.41) is 3.33. The molecule has 124 valence electrons. The number of nitrogens with zero attached hydrogens (tertiary/aromatic N) is 2. The number of benzene rings is 2. The van der Waals surface area contributed by atoms with Gasteiger partial charge in [0, 0.05) is 29.8 Å². The van der Waals surface area contributed by atoms with Crippen molar-refractivity contribution >= 4 is 23.0 Å². The van der Waals surface area contributed by atoms with Crippen LogP contribution in [-0.2, 0) is 6.42 Å². The predicted molar refractivity (Wildman–Crippen MR) is 101 cm³/mol. The lowest BCUT2D eigenvalue weighted by molar-refractivity contribution is 0.0984. The van der Waals surface area contributed by atoms with Crippen LogP contribution in [0.15, 0.2) is 66.9 Å². The molecule has 2 heterocycles. The maximum absolute atomic E-state index is 12.9. The van der Waals surface area contributed by atoms with Crippen LogP contribution in [0.25, 0.3) is 0 Å². The van der Waals surface area contributed by atoms with Crippen LogP contribution in [0.2, 0.25) is 0 Å². The molecule has 1 amide bonds. The molecule has 25 heavy (non-hydrogen) atoms. The van der Waals surface area contributed by atoms with E-state index in [4.69, 9.17) is 0 Å². The summed E-state index contributed by atoms with van der Waals surface area (Å²) in [6.07, 6.45) is 2.56. The molecule has 0 saturated carbocycles. The number of amides is 1. The van der Waals surface area contributed by atoms with Crippen LogP contribution in [0.3, 0.4) is 0 Å². The lowest BCUT2D eigenvalue weighted by atomic mass is 10.2.